The molecule has 0 saturated carbocycles. The van der Waals surface area contributed by atoms with Gasteiger partial charge in [-0.05, 0) is 30.5 Å². The standard InChI is InChI=1S/C13H19N3O2.2ClH/c1-17-12-6-5-10(8-11(12)14)9-18-16-13-4-2-3-7-15-13;;/h5-6,8H,2-4,7,9,14H2,1H3,(H,15,16);2*1H. The largest absolute Gasteiger partial charge is 0.495 e. The SMILES string of the molecule is COc1ccc(CONC2=NCCCC2)cc1N.Cl.Cl. The number of hydrogen-bond donors (Lipinski definition) is 2. The maximum Gasteiger partial charge on any atom is 0.141 e. The fourth-order valence-electron chi connectivity index (χ4n) is 1.86. The van der Waals surface area contributed by atoms with E-state index in [0.717, 1.165) is 24.4 Å². The first kappa shape index (κ1) is 18.8. The van der Waals surface area contributed by atoms with Gasteiger partial charge < -0.3 is 10.5 Å². The molecule has 1 heterocycles. The van der Waals surface area contributed by atoms with Crippen molar-refractivity contribution in [3.63, 3.8) is 0 Å². The zero-order valence-electron chi connectivity index (χ0n) is 11.4. The normalized spacial score (nSPS) is 13.6. The molecule has 0 aromatic heterocycles. The molecule has 0 bridgehead atoms. The number of aliphatic imine (C=N–C) groups is 1. The molecule has 2 rings (SSSR count). The third kappa shape index (κ3) is 5.45. The van der Waals surface area contributed by atoms with Crippen molar-refractivity contribution in [1.82, 2.24) is 5.48 Å². The van der Waals surface area contributed by atoms with Gasteiger partial charge in [0.2, 0.25) is 0 Å². The lowest BCUT2D eigenvalue weighted by Crippen LogP contribution is -2.25. The van der Waals surface area contributed by atoms with Crippen molar-refractivity contribution in [3.8, 4) is 5.75 Å². The van der Waals surface area contributed by atoms with Crippen LogP contribution < -0.4 is 16.0 Å². The van der Waals surface area contributed by atoms with Gasteiger partial charge in [-0.1, -0.05) is 6.07 Å². The van der Waals surface area contributed by atoms with Crippen LogP contribution >= 0.6 is 24.8 Å². The van der Waals surface area contributed by atoms with Gasteiger partial charge in [-0.3, -0.25) is 15.3 Å². The summed E-state index contributed by atoms with van der Waals surface area (Å²) in [5.41, 5.74) is 10.3. The molecule has 0 radical (unpaired) electrons. The first-order chi connectivity index (χ1) is 8.79. The number of nitrogens with two attached hydrogens (primary N) is 1. The van der Waals surface area contributed by atoms with E-state index >= 15 is 0 Å². The minimum Gasteiger partial charge on any atom is -0.495 e. The van der Waals surface area contributed by atoms with Crippen LogP contribution in [0.5, 0.6) is 5.75 Å². The summed E-state index contributed by atoms with van der Waals surface area (Å²) >= 11 is 0. The molecule has 0 spiro atoms. The number of hydroxylamine groups is 1. The summed E-state index contributed by atoms with van der Waals surface area (Å²) in [6, 6.07) is 5.62. The first-order valence-electron chi connectivity index (χ1n) is 6.13. The minimum atomic E-state index is 0. The van der Waals surface area contributed by atoms with E-state index in [1.165, 1.54) is 12.8 Å². The second-order valence-corrected chi connectivity index (χ2v) is 4.25. The summed E-state index contributed by atoms with van der Waals surface area (Å²) in [5.74, 6) is 1.62. The number of methoxy groups -OCH3 is 1. The van der Waals surface area contributed by atoms with Crippen LogP contribution in [0, 0.1) is 0 Å². The van der Waals surface area contributed by atoms with Crippen molar-refractivity contribution >= 4 is 36.3 Å². The van der Waals surface area contributed by atoms with Gasteiger partial charge in [0.15, 0.2) is 0 Å². The van der Waals surface area contributed by atoms with Crippen LogP contribution in [-0.4, -0.2) is 19.5 Å². The van der Waals surface area contributed by atoms with Gasteiger partial charge in [0.1, 0.15) is 11.6 Å². The van der Waals surface area contributed by atoms with E-state index in [-0.39, 0.29) is 24.8 Å². The van der Waals surface area contributed by atoms with Crippen LogP contribution in [0.25, 0.3) is 0 Å². The quantitative estimate of drug-likeness (QED) is 0.661. The zero-order chi connectivity index (χ0) is 12.8. The van der Waals surface area contributed by atoms with E-state index in [0.29, 0.717) is 18.0 Å². The number of nitrogens with one attached hydrogen (secondary N) is 1. The van der Waals surface area contributed by atoms with Crippen molar-refractivity contribution in [2.45, 2.75) is 25.9 Å². The average Bonchev–Trinajstić information content (AvgIpc) is 2.40. The van der Waals surface area contributed by atoms with E-state index in [1.807, 2.05) is 18.2 Å². The summed E-state index contributed by atoms with van der Waals surface area (Å²) in [7, 11) is 1.60. The van der Waals surface area contributed by atoms with E-state index in [4.69, 9.17) is 15.3 Å². The molecule has 1 aromatic carbocycles. The van der Waals surface area contributed by atoms with Gasteiger partial charge in [0.25, 0.3) is 0 Å². The predicted molar refractivity (Wildman–Crippen MR) is 86.0 cm³/mol. The lowest BCUT2D eigenvalue weighted by atomic mass is 10.2. The highest BCUT2D eigenvalue weighted by molar-refractivity contribution is 5.85. The maximum absolute atomic E-state index is 5.82. The molecule has 3 N–H and O–H groups in total. The van der Waals surface area contributed by atoms with Crippen LogP contribution in [0.4, 0.5) is 5.69 Å². The van der Waals surface area contributed by atoms with Gasteiger partial charge in [-0.25, -0.2) is 0 Å². The Balaban J connectivity index is 0.00000180. The lowest BCUT2D eigenvalue weighted by Gasteiger charge is -2.14. The summed E-state index contributed by atoms with van der Waals surface area (Å²) in [5, 5.41) is 0. The molecule has 0 atom stereocenters. The molecule has 0 unspecified atom stereocenters. The molecule has 0 amide bonds. The van der Waals surface area contributed by atoms with Gasteiger partial charge >= 0.3 is 0 Å². The van der Waals surface area contributed by atoms with Crippen molar-refractivity contribution in [2.75, 3.05) is 19.4 Å². The minimum absolute atomic E-state index is 0. The lowest BCUT2D eigenvalue weighted by molar-refractivity contribution is 0.0691. The van der Waals surface area contributed by atoms with Crippen LogP contribution in [0.2, 0.25) is 0 Å². The van der Waals surface area contributed by atoms with Crippen molar-refractivity contribution in [1.29, 1.82) is 0 Å². The molecule has 0 fully saturated rings. The number of hydrogen-bond acceptors (Lipinski definition) is 5. The van der Waals surface area contributed by atoms with E-state index < -0.39 is 0 Å². The molecule has 1 aliphatic heterocycles. The molecule has 114 valence electrons. The van der Waals surface area contributed by atoms with Gasteiger partial charge in [-0.15, -0.1) is 24.8 Å². The Kier molecular flexibility index (Phi) is 9.12. The number of nitrogen functional groups attached to an aromatic ring is 1. The summed E-state index contributed by atoms with van der Waals surface area (Å²) in [6.07, 6.45) is 3.30. The monoisotopic (exact) mass is 321 g/mol. The van der Waals surface area contributed by atoms with Gasteiger partial charge in [-0.2, -0.15) is 0 Å². The van der Waals surface area contributed by atoms with Crippen LogP contribution in [0.3, 0.4) is 0 Å². The van der Waals surface area contributed by atoms with Crippen LogP contribution in [0.1, 0.15) is 24.8 Å². The second kappa shape index (κ2) is 9.69. The fraction of sp³-hybridized carbons (Fsp3) is 0.462. The first-order valence-corrected chi connectivity index (χ1v) is 6.13. The van der Waals surface area contributed by atoms with Crippen molar-refractivity contribution in [3.05, 3.63) is 23.8 Å². The second-order valence-electron chi connectivity index (χ2n) is 4.25. The molecule has 7 heteroatoms. The Morgan fingerprint density at radius 3 is 2.70 bits per heavy atom. The molecule has 1 aliphatic rings. The Morgan fingerprint density at radius 1 is 1.30 bits per heavy atom. The molecular formula is C13H21Cl2N3O2. The van der Waals surface area contributed by atoms with E-state index in [9.17, 15) is 0 Å². The number of anilines is 1. The Bertz CT molecular complexity index is 442. The topological polar surface area (TPSA) is 68.9 Å². The summed E-state index contributed by atoms with van der Waals surface area (Å²) in [6.45, 7) is 1.34. The number of rotatable bonds is 4. The highest BCUT2D eigenvalue weighted by Gasteiger charge is 2.05. The van der Waals surface area contributed by atoms with Crippen LogP contribution in [-0.2, 0) is 11.4 Å². The number of benzene rings is 1. The highest BCUT2D eigenvalue weighted by atomic mass is 35.5. The number of halogens is 2. The number of ether oxygens (including phenoxy) is 1. The molecule has 20 heavy (non-hydrogen) atoms. The number of amidine groups is 1. The Hall–Kier alpha value is -1.17. The van der Waals surface area contributed by atoms with Crippen molar-refractivity contribution < 1.29 is 9.57 Å². The molecule has 5 nitrogen and oxygen atoms in total. The molecule has 1 aromatic rings. The summed E-state index contributed by atoms with van der Waals surface area (Å²) in [4.78, 5) is 9.75. The Labute approximate surface area is 131 Å². The van der Waals surface area contributed by atoms with Gasteiger partial charge in [0, 0.05) is 13.0 Å². The molecular weight excluding hydrogens is 301 g/mol. The van der Waals surface area contributed by atoms with Crippen molar-refractivity contribution in [2.24, 2.45) is 4.99 Å². The third-order valence-corrected chi connectivity index (χ3v) is 2.85. The maximum atomic E-state index is 5.82. The highest BCUT2D eigenvalue weighted by Crippen LogP contribution is 2.22. The fourth-order valence-corrected chi connectivity index (χ4v) is 1.86. The van der Waals surface area contributed by atoms with Crippen LogP contribution in [0.15, 0.2) is 23.2 Å². The average molecular weight is 322 g/mol. The zero-order valence-corrected chi connectivity index (χ0v) is 13.1. The smallest absolute Gasteiger partial charge is 0.141 e. The Morgan fingerprint density at radius 2 is 2.10 bits per heavy atom. The summed E-state index contributed by atoms with van der Waals surface area (Å²) < 4.78 is 5.10. The van der Waals surface area contributed by atoms with E-state index in [2.05, 4.69) is 10.5 Å². The predicted octanol–water partition coefficient (Wildman–Crippen LogP) is 2.72. The van der Waals surface area contributed by atoms with Gasteiger partial charge in [0.05, 0.1) is 19.4 Å². The third-order valence-electron chi connectivity index (χ3n) is 2.85. The van der Waals surface area contributed by atoms with E-state index in [1.54, 1.807) is 7.11 Å². The number of nitrogens with zero attached hydrogens (tertiary/aromatic N) is 1. The molecule has 0 aliphatic carbocycles. The molecule has 0 saturated heterocycles.